The van der Waals surface area contributed by atoms with Crippen LogP contribution in [-0.2, 0) is 21.7 Å². The third-order valence-electron chi connectivity index (χ3n) is 2.96. The van der Waals surface area contributed by atoms with Gasteiger partial charge in [-0.1, -0.05) is 42.1 Å². The standard InChI is InChI=1S/C14H16N4O2S2/c1-20-11(19)7-10-12(15)18(14(16)21)17-13(10)22-8-9-5-3-2-4-6-9/h2-6H,7-8,15H2,1H3,(H2,16,21). The van der Waals surface area contributed by atoms with Gasteiger partial charge in [0.15, 0.2) is 5.11 Å². The molecule has 116 valence electrons. The summed E-state index contributed by atoms with van der Waals surface area (Å²) >= 11 is 6.39. The first-order valence-corrected chi connectivity index (χ1v) is 7.83. The van der Waals surface area contributed by atoms with Gasteiger partial charge in [-0.05, 0) is 17.8 Å². The summed E-state index contributed by atoms with van der Waals surface area (Å²) in [4.78, 5) is 11.6. The maximum atomic E-state index is 11.6. The summed E-state index contributed by atoms with van der Waals surface area (Å²) in [6.07, 6.45) is 0.0298. The monoisotopic (exact) mass is 336 g/mol. The van der Waals surface area contributed by atoms with Crippen LogP contribution >= 0.6 is 24.0 Å². The molecule has 1 heterocycles. The fourth-order valence-corrected chi connectivity index (χ4v) is 2.96. The number of thiocarbonyl (C=S) groups is 1. The van der Waals surface area contributed by atoms with Crippen molar-refractivity contribution in [2.45, 2.75) is 17.2 Å². The van der Waals surface area contributed by atoms with Crippen molar-refractivity contribution in [2.75, 3.05) is 12.8 Å². The van der Waals surface area contributed by atoms with E-state index in [1.54, 1.807) is 0 Å². The molecule has 22 heavy (non-hydrogen) atoms. The first kappa shape index (κ1) is 16.3. The summed E-state index contributed by atoms with van der Waals surface area (Å²) in [6.45, 7) is 0. The number of anilines is 1. The summed E-state index contributed by atoms with van der Waals surface area (Å²) in [7, 11) is 1.33. The Morgan fingerprint density at radius 1 is 1.41 bits per heavy atom. The number of nitrogen functional groups attached to an aromatic ring is 1. The van der Waals surface area contributed by atoms with Crippen LogP contribution in [0.4, 0.5) is 5.82 Å². The van der Waals surface area contributed by atoms with Crippen molar-refractivity contribution < 1.29 is 9.53 Å². The summed E-state index contributed by atoms with van der Waals surface area (Å²) < 4.78 is 5.96. The Bertz CT molecular complexity index is 686. The van der Waals surface area contributed by atoms with Crippen molar-refractivity contribution in [3.63, 3.8) is 0 Å². The molecule has 0 spiro atoms. The molecule has 0 aliphatic carbocycles. The number of hydrogen-bond acceptors (Lipinski definition) is 6. The molecule has 6 nitrogen and oxygen atoms in total. The van der Waals surface area contributed by atoms with Gasteiger partial charge < -0.3 is 16.2 Å². The summed E-state index contributed by atoms with van der Waals surface area (Å²) in [5.41, 5.74) is 13.3. The van der Waals surface area contributed by atoms with Crippen molar-refractivity contribution in [2.24, 2.45) is 5.73 Å². The number of hydrogen-bond donors (Lipinski definition) is 2. The predicted molar refractivity (Wildman–Crippen MR) is 90.5 cm³/mol. The molecule has 4 N–H and O–H groups in total. The fraction of sp³-hybridized carbons (Fsp3) is 0.214. The van der Waals surface area contributed by atoms with Crippen molar-refractivity contribution in [1.82, 2.24) is 9.78 Å². The molecular weight excluding hydrogens is 320 g/mol. The van der Waals surface area contributed by atoms with E-state index in [0.29, 0.717) is 16.3 Å². The highest BCUT2D eigenvalue weighted by Crippen LogP contribution is 2.29. The van der Waals surface area contributed by atoms with Crippen molar-refractivity contribution in [1.29, 1.82) is 0 Å². The molecule has 0 unspecified atom stereocenters. The Kier molecular flexibility index (Phi) is 5.40. The minimum atomic E-state index is -0.393. The van der Waals surface area contributed by atoms with E-state index in [-0.39, 0.29) is 17.4 Å². The lowest BCUT2D eigenvalue weighted by Crippen LogP contribution is -2.22. The number of benzene rings is 1. The third kappa shape index (κ3) is 3.77. The van der Waals surface area contributed by atoms with Crippen LogP contribution < -0.4 is 11.5 Å². The zero-order valence-corrected chi connectivity index (χ0v) is 13.6. The van der Waals surface area contributed by atoms with Gasteiger partial charge in [-0.25, -0.2) is 0 Å². The van der Waals surface area contributed by atoms with E-state index in [9.17, 15) is 4.79 Å². The Morgan fingerprint density at radius 2 is 2.09 bits per heavy atom. The van der Waals surface area contributed by atoms with E-state index in [0.717, 1.165) is 5.56 Å². The molecule has 0 saturated carbocycles. The van der Waals surface area contributed by atoms with Gasteiger partial charge in [0.2, 0.25) is 0 Å². The molecule has 0 saturated heterocycles. The number of carbonyl (C=O) groups is 1. The third-order valence-corrected chi connectivity index (χ3v) is 4.21. The Hall–Kier alpha value is -2.06. The molecule has 0 bridgehead atoms. The molecule has 0 fully saturated rings. The Labute approximate surface area is 137 Å². The lowest BCUT2D eigenvalue weighted by molar-refractivity contribution is -0.139. The Balaban J connectivity index is 2.26. The number of methoxy groups -OCH3 is 1. The highest BCUT2D eigenvalue weighted by molar-refractivity contribution is 7.98. The number of nitrogens with zero attached hydrogens (tertiary/aromatic N) is 2. The maximum Gasteiger partial charge on any atom is 0.310 e. The molecular formula is C14H16N4O2S2. The van der Waals surface area contributed by atoms with Crippen LogP contribution in [-0.4, -0.2) is 28.0 Å². The van der Waals surface area contributed by atoms with Crippen molar-refractivity contribution >= 4 is 40.9 Å². The lowest BCUT2D eigenvalue weighted by Gasteiger charge is -2.03. The van der Waals surface area contributed by atoms with Gasteiger partial charge in [-0.3, -0.25) is 4.79 Å². The number of ether oxygens (including phenoxy) is 1. The minimum absolute atomic E-state index is 0.0298. The average Bonchev–Trinajstić information content (AvgIpc) is 2.83. The SMILES string of the molecule is COC(=O)Cc1c(SCc2ccccc2)nn(C(N)=S)c1N. The highest BCUT2D eigenvalue weighted by Gasteiger charge is 2.20. The van der Waals surface area contributed by atoms with Crippen LogP contribution in [0.5, 0.6) is 0 Å². The van der Waals surface area contributed by atoms with E-state index in [4.69, 9.17) is 28.4 Å². The van der Waals surface area contributed by atoms with Gasteiger partial charge in [-0.15, -0.1) is 0 Å². The fourth-order valence-electron chi connectivity index (χ4n) is 1.84. The first-order chi connectivity index (χ1) is 10.5. The molecule has 8 heteroatoms. The number of aromatic nitrogens is 2. The second kappa shape index (κ2) is 7.28. The molecule has 1 aromatic heterocycles. The summed E-state index contributed by atoms with van der Waals surface area (Å²) in [6, 6.07) is 9.92. The van der Waals surface area contributed by atoms with E-state index >= 15 is 0 Å². The quantitative estimate of drug-likeness (QED) is 0.486. The number of nitrogens with two attached hydrogens (primary N) is 2. The van der Waals surface area contributed by atoms with Crippen molar-refractivity contribution in [3.8, 4) is 0 Å². The molecule has 0 atom stereocenters. The Morgan fingerprint density at radius 3 is 2.68 bits per heavy atom. The zero-order chi connectivity index (χ0) is 16.1. The minimum Gasteiger partial charge on any atom is -0.469 e. The van der Waals surface area contributed by atoms with Gasteiger partial charge >= 0.3 is 5.97 Å². The van der Waals surface area contributed by atoms with Gasteiger partial charge in [0.05, 0.1) is 13.5 Å². The van der Waals surface area contributed by atoms with Crippen LogP contribution in [0, 0.1) is 0 Å². The predicted octanol–water partition coefficient (Wildman–Crippen LogP) is 1.56. The highest BCUT2D eigenvalue weighted by atomic mass is 32.2. The van der Waals surface area contributed by atoms with E-state index in [2.05, 4.69) is 5.10 Å². The van der Waals surface area contributed by atoms with E-state index < -0.39 is 5.97 Å². The molecule has 0 radical (unpaired) electrons. The van der Waals surface area contributed by atoms with Gasteiger partial charge in [0, 0.05) is 11.3 Å². The van der Waals surface area contributed by atoms with Crippen molar-refractivity contribution in [3.05, 3.63) is 41.5 Å². The molecule has 1 aromatic carbocycles. The smallest absolute Gasteiger partial charge is 0.310 e. The number of rotatable bonds is 5. The van der Waals surface area contributed by atoms with Gasteiger partial charge in [0.1, 0.15) is 10.8 Å². The molecule has 0 aliphatic heterocycles. The van der Waals surface area contributed by atoms with Gasteiger partial charge in [0.25, 0.3) is 0 Å². The number of carbonyl (C=O) groups excluding carboxylic acids is 1. The lowest BCUT2D eigenvalue weighted by atomic mass is 10.2. The summed E-state index contributed by atoms with van der Waals surface area (Å²) in [5, 5.41) is 4.95. The van der Waals surface area contributed by atoms with Crippen LogP contribution in [0.3, 0.4) is 0 Å². The first-order valence-electron chi connectivity index (χ1n) is 6.43. The van der Waals surface area contributed by atoms with Crippen LogP contribution in [0.1, 0.15) is 11.1 Å². The van der Waals surface area contributed by atoms with Gasteiger partial charge in [-0.2, -0.15) is 9.78 Å². The topological polar surface area (TPSA) is 96.2 Å². The van der Waals surface area contributed by atoms with Crippen LogP contribution in [0.15, 0.2) is 35.4 Å². The molecule has 0 amide bonds. The molecule has 2 aromatic rings. The normalized spacial score (nSPS) is 10.4. The van der Waals surface area contributed by atoms with E-state index in [1.165, 1.54) is 23.6 Å². The van der Waals surface area contributed by atoms with Crippen LogP contribution in [0.2, 0.25) is 0 Å². The van der Waals surface area contributed by atoms with Crippen LogP contribution in [0.25, 0.3) is 0 Å². The largest absolute Gasteiger partial charge is 0.469 e. The summed E-state index contributed by atoms with van der Waals surface area (Å²) in [5.74, 6) is 0.576. The molecule has 0 aliphatic rings. The second-order valence-electron chi connectivity index (χ2n) is 4.45. The second-order valence-corrected chi connectivity index (χ2v) is 5.83. The zero-order valence-electron chi connectivity index (χ0n) is 12.0. The molecule has 2 rings (SSSR count). The van der Waals surface area contributed by atoms with E-state index in [1.807, 2.05) is 30.3 Å². The number of esters is 1. The average molecular weight is 336 g/mol. The maximum absolute atomic E-state index is 11.6. The number of thioether (sulfide) groups is 1.